The number of benzene rings is 1. The molecule has 12 heteroatoms. The van der Waals surface area contributed by atoms with Crippen molar-refractivity contribution in [1.29, 1.82) is 0 Å². The van der Waals surface area contributed by atoms with Crippen LogP contribution < -0.4 is 16.6 Å². The standard InChI is InChI=1S/C16H13F4N7O/c1-7(21)10-5-12-13(14-24-15(28-25-14)16(18,19)20)23-6-26(12)9-3-2-8(17)4-11(9)27(10)22/h2-4,6H,5,21-22H2,1H3/b10-7-. The molecule has 4 rings (SSSR count). The van der Waals surface area contributed by atoms with Crippen LogP contribution in [0.1, 0.15) is 18.5 Å². The number of alkyl halides is 3. The van der Waals surface area contributed by atoms with Crippen molar-refractivity contribution in [2.45, 2.75) is 19.5 Å². The Bertz CT molecular complexity index is 1090. The van der Waals surface area contributed by atoms with Crippen LogP contribution in [0.5, 0.6) is 0 Å². The number of anilines is 1. The normalized spacial score (nSPS) is 15.9. The third-order valence-corrected chi connectivity index (χ3v) is 4.28. The number of allylic oxidation sites excluding steroid dienone is 2. The van der Waals surface area contributed by atoms with Crippen LogP contribution in [0.25, 0.3) is 17.2 Å². The van der Waals surface area contributed by atoms with Gasteiger partial charge in [0, 0.05) is 18.2 Å². The molecule has 4 N–H and O–H groups in total. The van der Waals surface area contributed by atoms with E-state index in [0.29, 0.717) is 28.5 Å². The second kappa shape index (κ2) is 6.05. The van der Waals surface area contributed by atoms with Crippen LogP contribution in [0.2, 0.25) is 0 Å². The number of halogens is 4. The number of imidazole rings is 1. The Kier molecular flexibility index (Phi) is 3.89. The van der Waals surface area contributed by atoms with Crippen molar-refractivity contribution in [3.05, 3.63) is 53.3 Å². The van der Waals surface area contributed by atoms with Gasteiger partial charge in [0.05, 0.1) is 22.8 Å². The first-order chi connectivity index (χ1) is 13.2. The lowest BCUT2D eigenvalue weighted by Gasteiger charge is -2.22. The predicted molar refractivity (Wildman–Crippen MR) is 89.1 cm³/mol. The summed E-state index contributed by atoms with van der Waals surface area (Å²) in [7, 11) is 0. The molecule has 0 saturated heterocycles. The highest BCUT2D eigenvalue weighted by atomic mass is 19.4. The van der Waals surface area contributed by atoms with Gasteiger partial charge in [-0.15, -0.1) is 0 Å². The van der Waals surface area contributed by atoms with E-state index in [1.807, 2.05) is 0 Å². The SMILES string of the molecule is C/C(N)=C1\Cc2c(-c3noc(C(F)(F)F)n3)ncn2-c2ccc(F)cc2N1N. The van der Waals surface area contributed by atoms with Crippen molar-refractivity contribution < 1.29 is 22.1 Å². The first-order valence-corrected chi connectivity index (χ1v) is 7.94. The van der Waals surface area contributed by atoms with Crippen molar-refractivity contribution in [3.8, 4) is 17.2 Å². The highest BCUT2D eigenvalue weighted by Crippen LogP contribution is 2.36. The van der Waals surface area contributed by atoms with E-state index >= 15 is 0 Å². The van der Waals surface area contributed by atoms with E-state index in [4.69, 9.17) is 11.6 Å². The molecule has 2 aromatic heterocycles. The van der Waals surface area contributed by atoms with Crippen molar-refractivity contribution in [2.75, 3.05) is 5.01 Å². The van der Waals surface area contributed by atoms with Crippen molar-refractivity contribution >= 4 is 5.69 Å². The number of hydrogen-bond donors (Lipinski definition) is 2. The number of fused-ring (bicyclic) bond motifs is 3. The van der Waals surface area contributed by atoms with E-state index < -0.39 is 17.9 Å². The summed E-state index contributed by atoms with van der Waals surface area (Å²) in [5, 5.41) is 4.63. The minimum absolute atomic E-state index is 0.0728. The van der Waals surface area contributed by atoms with E-state index in [0.717, 1.165) is 0 Å². The topological polar surface area (TPSA) is 112 Å². The van der Waals surface area contributed by atoms with Gasteiger partial charge in [-0.1, -0.05) is 5.16 Å². The van der Waals surface area contributed by atoms with Gasteiger partial charge in [0.1, 0.15) is 17.8 Å². The Morgan fingerprint density at radius 3 is 2.64 bits per heavy atom. The van der Waals surface area contributed by atoms with E-state index in [9.17, 15) is 17.6 Å². The zero-order valence-corrected chi connectivity index (χ0v) is 14.3. The van der Waals surface area contributed by atoms with Crippen LogP contribution >= 0.6 is 0 Å². The second-order valence-electron chi connectivity index (χ2n) is 6.14. The summed E-state index contributed by atoms with van der Waals surface area (Å²) in [4.78, 5) is 7.53. The molecule has 0 radical (unpaired) electrons. The number of nitrogens with zero attached hydrogens (tertiary/aromatic N) is 5. The molecule has 0 aliphatic carbocycles. The average Bonchev–Trinajstić information content (AvgIpc) is 3.23. The zero-order chi connectivity index (χ0) is 20.2. The number of hydrazine groups is 1. The molecule has 0 bridgehead atoms. The zero-order valence-electron chi connectivity index (χ0n) is 14.3. The van der Waals surface area contributed by atoms with Crippen LogP contribution in [0, 0.1) is 5.82 Å². The highest BCUT2D eigenvalue weighted by Gasteiger charge is 2.39. The summed E-state index contributed by atoms with van der Waals surface area (Å²) in [6, 6.07) is 3.94. The van der Waals surface area contributed by atoms with Gasteiger partial charge in [0.2, 0.25) is 5.82 Å². The van der Waals surface area contributed by atoms with Gasteiger partial charge < -0.3 is 10.3 Å². The summed E-state index contributed by atoms with van der Waals surface area (Å²) in [5.41, 5.74) is 7.98. The lowest BCUT2D eigenvalue weighted by atomic mass is 10.1. The van der Waals surface area contributed by atoms with Crippen molar-refractivity contribution in [3.63, 3.8) is 0 Å². The molecule has 1 aliphatic heterocycles. The van der Waals surface area contributed by atoms with Gasteiger partial charge in [-0.05, 0) is 19.1 Å². The molecule has 8 nitrogen and oxygen atoms in total. The number of hydrogen-bond acceptors (Lipinski definition) is 7. The molecular formula is C16H13F4N7O. The van der Waals surface area contributed by atoms with Gasteiger partial charge in [-0.3, -0.25) is 9.58 Å². The van der Waals surface area contributed by atoms with Gasteiger partial charge in [-0.2, -0.15) is 18.2 Å². The minimum atomic E-state index is -4.78. The second-order valence-corrected chi connectivity index (χ2v) is 6.14. The smallest absolute Gasteiger partial charge is 0.401 e. The number of aromatic nitrogens is 4. The molecule has 1 aliphatic rings. The number of rotatable bonds is 1. The number of nitrogens with two attached hydrogens (primary N) is 2. The monoisotopic (exact) mass is 395 g/mol. The van der Waals surface area contributed by atoms with E-state index in [-0.39, 0.29) is 17.9 Å². The summed E-state index contributed by atoms with van der Waals surface area (Å²) in [6.07, 6.45) is -3.31. The summed E-state index contributed by atoms with van der Waals surface area (Å²) < 4.78 is 58.1. The van der Waals surface area contributed by atoms with Crippen LogP contribution in [0.3, 0.4) is 0 Å². The minimum Gasteiger partial charge on any atom is -0.401 e. The predicted octanol–water partition coefficient (Wildman–Crippen LogP) is 2.51. The molecule has 0 amide bonds. The fourth-order valence-corrected chi connectivity index (χ4v) is 2.98. The quantitative estimate of drug-likeness (QED) is 0.481. The lowest BCUT2D eigenvalue weighted by molar-refractivity contribution is -0.159. The summed E-state index contributed by atoms with van der Waals surface area (Å²) in [6.45, 7) is 1.61. The molecule has 28 heavy (non-hydrogen) atoms. The fourth-order valence-electron chi connectivity index (χ4n) is 2.98. The first-order valence-electron chi connectivity index (χ1n) is 7.94. The van der Waals surface area contributed by atoms with Crippen molar-refractivity contribution in [2.24, 2.45) is 11.6 Å². The Morgan fingerprint density at radius 2 is 2.00 bits per heavy atom. The molecular weight excluding hydrogens is 382 g/mol. The van der Waals surface area contributed by atoms with Crippen LogP contribution in [0.4, 0.5) is 23.2 Å². The van der Waals surface area contributed by atoms with Gasteiger partial charge in [-0.25, -0.2) is 15.2 Å². The summed E-state index contributed by atoms with van der Waals surface area (Å²) >= 11 is 0. The molecule has 3 aromatic rings. The van der Waals surface area contributed by atoms with E-state index in [1.165, 1.54) is 29.5 Å². The van der Waals surface area contributed by atoms with E-state index in [2.05, 4.69) is 19.6 Å². The Hall–Kier alpha value is -3.41. The van der Waals surface area contributed by atoms with Crippen LogP contribution in [0.15, 0.2) is 40.4 Å². The van der Waals surface area contributed by atoms with Crippen LogP contribution in [-0.2, 0) is 12.6 Å². The molecule has 1 aromatic carbocycles. The third-order valence-electron chi connectivity index (χ3n) is 4.28. The first kappa shape index (κ1) is 18.0. The van der Waals surface area contributed by atoms with Crippen LogP contribution in [-0.4, -0.2) is 19.7 Å². The van der Waals surface area contributed by atoms with E-state index in [1.54, 1.807) is 11.5 Å². The fraction of sp³-hybridized carbons (Fsp3) is 0.188. The maximum Gasteiger partial charge on any atom is 0.471 e. The molecule has 0 fully saturated rings. The third kappa shape index (κ3) is 2.78. The van der Waals surface area contributed by atoms with Gasteiger partial charge in [0.15, 0.2) is 0 Å². The summed E-state index contributed by atoms with van der Waals surface area (Å²) in [5.74, 6) is 3.82. The maximum absolute atomic E-state index is 13.8. The maximum atomic E-state index is 13.8. The molecule has 0 spiro atoms. The van der Waals surface area contributed by atoms with Crippen molar-refractivity contribution in [1.82, 2.24) is 19.7 Å². The molecule has 146 valence electrons. The largest absolute Gasteiger partial charge is 0.471 e. The molecule has 0 saturated carbocycles. The average molecular weight is 395 g/mol. The van der Waals surface area contributed by atoms with Gasteiger partial charge >= 0.3 is 12.1 Å². The lowest BCUT2D eigenvalue weighted by Crippen LogP contribution is -2.32. The molecule has 0 atom stereocenters. The Balaban J connectivity index is 1.93. The molecule has 0 unspecified atom stereocenters. The van der Waals surface area contributed by atoms with Gasteiger partial charge in [0.25, 0.3) is 0 Å². The highest BCUT2D eigenvalue weighted by molar-refractivity contribution is 5.70. The Labute approximate surface area is 155 Å². The Morgan fingerprint density at radius 1 is 1.25 bits per heavy atom. The molecule has 3 heterocycles.